The maximum absolute atomic E-state index is 11.4. The van der Waals surface area contributed by atoms with Gasteiger partial charge in [0.2, 0.25) is 5.91 Å². The maximum Gasteiger partial charge on any atom is 0.234 e. The number of nitrogens with zero attached hydrogens (tertiary/aromatic N) is 1. The summed E-state index contributed by atoms with van der Waals surface area (Å²) in [5.74, 6) is -0.202. The average molecular weight is 210 g/mol. The summed E-state index contributed by atoms with van der Waals surface area (Å²) in [7, 11) is 0. The van der Waals surface area contributed by atoms with E-state index in [0.717, 1.165) is 0 Å². The van der Waals surface area contributed by atoms with Crippen LogP contribution in [0.3, 0.4) is 0 Å². The summed E-state index contributed by atoms with van der Waals surface area (Å²) < 4.78 is 0. The third kappa shape index (κ3) is 1.63. The molecular formula is C10H8ClNO2. The van der Waals surface area contributed by atoms with E-state index in [1.807, 2.05) is 0 Å². The lowest BCUT2D eigenvalue weighted by Crippen LogP contribution is -2.24. The fourth-order valence-corrected chi connectivity index (χ4v) is 1.65. The van der Waals surface area contributed by atoms with Crippen LogP contribution in [0.15, 0.2) is 24.3 Å². The van der Waals surface area contributed by atoms with Crippen molar-refractivity contribution in [1.29, 1.82) is 0 Å². The second-order valence-corrected chi connectivity index (χ2v) is 3.61. The zero-order chi connectivity index (χ0) is 10.1. The van der Waals surface area contributed by atoms with Crippen molar-refractivity contribution in [1.82, 2.24) is 0 Å². The van der Waals surface area contributed by atoms with Gasteiger partial charge in [0.25, 0.3) is 0 Å². The highest BCUT2D eigenvalue weighted by Gasteiger charge is 2.28. The Kier molecular flexibility index (Phi) is 2.25. The molecule has 2 rings (SSSR count). The molecule has 0 bridgehead atoms. The number of hydrogen-bond acceptors (Lipinski definition) is 2. The molecule has 1 aromatic rings. The van der Waals surface area contributed by atoms with Gasteiger partial charge in [0, 0.05) is 10.7 Å². The van der Waals surface area contributed by atoms with Crippen molar-refractivity contribution in [3.8, 4) is 0 Å². The molecule has 4 heteroatoms. The van der Waals surface area contributed by atoms with Crippen LogP contribution in [-0.4, -0.2) is 18.2 Å². The number of hydrogen-bond donors (Lipinski definition) is 0. The lowest BCUT2D eigenvalue weighted by Gasteiger charge is -2.14. The highest BCUT2D eigenvalue weighted by Crippen LogP contribution is 2.22. The summed E-state index contributed by atoms with van der Waals surface area (Å²) in [6.45, 7) is 0.166. The molecule has 1 aliphatic heterocycles. The zero-order valence-electron chi connectivity index (χ0n) is 7.37. The molecule has 1 heterocycles. The normalized spacial score (nSPS) is 16.5. The van der Waals surface area contributed by atoms with Crippen molar-refractivity contribution in [3.63, 3.8) is 0 Å². The van der Waals surface area contributed by atoms with Crippen LogP contribution in [0.4, 0.5) is 5.69 Å². The summed E-state index contributed by atoms with van der Waals surface area (Å²) in [6, 6.07) is 6.93. The lowest BCUT2D eigenvalue weighted by molar-refractivity contribution is -0.121. The first kappa shape index (κ1) is 9.21. The van der Waals surface area contributed by atoms with Crippen LogP contribution in [0.25, 0.3) is 0 Å². The molecule has 3 nitrogen and oxygen atoms in total. The Hall–Kier alpha value is -1.35. The van der Waals surface area contributed by atoms with Crippen molar-refractivity contribution in [2.24, 2.45) is 0 Å². The summed E-state index contributed by atoms with van der Waals surface area (Å²) in [5.41, 5.74) is 0.688. The van der Waals surface area contributed by atoms with Gasteiger partial charge in [-0.1, -0.05) is 17.7 Å². The maximum atomic E-state index is 11.4. The minimum atomic E-state index is -0.155. The Morgan fingerprint density at radius 2 is 2.07 bits per heavy atom. The van der Waals surface area contributed by atoms with E-state index >= 15 is 0 Å². The minimum Gasteiger partial charge on any atom is -0.305 e. The summed E-state index contributed by atoms with van der Waals surface area (Å²) in [4.78, 5) is 23.8. The topological polar surface area (TPSA) is 37.4 Å². The van der Waals surface area contributed by atoms with E-state index < -0.39 is 0 Å². The van der Waals surface area contributed by atoms with Gasteiger partial charge in [-0.3, -0.25) is 9.59 Å². The monoisotopic (exact) mass is 209 g/mol. The van der Waals surface area contributed by atoms with Crippen LogP contribution in [-0.2, 0) is 9.59 Å². The number of benzene rings is 1. The van der Waals surface area contributed by atoms with E-state index in [2.05, 4.69) is 0 Å². The SMILES string of the molecule is O=C1CC(=O)N(c2cccc(Cl)c2)C1. The van der Waals surface area contributed by atoms with Gasteiger partial charge in [0.15, 0.2) is 5.78 Å². The van der Waals surface area contributed by atoms with Crippen molar-refractivity contribution in [2.75, 3.05) is 11.4 Å². The molecule has 0 spiro atoms. The van der Waals surface area contributed by atoms with Gasteiger partial charge < -0.3 is 4.90 Å². The molecule has 1 fully saturated rings. The van der Waals surface area contributed by atoms with Crippen molar-refractivity contribution in [3.05, 3.63) is 29.3 Å². The molecular weight excluding hydrogens is 202 g/mol. The molecule has 0 unspecified atom stereocenters. The van der Waals surface area contributed by atoms with Gasteiger partial charge in [-0.05, 0) is 18.2 Å². The second-order valence-electron chi connectivity index (χ2n) is 3.18. The standard InChI is InChI=1S/C10H8ClNO2/c11-7-2-1-3-8(4-7)12-6-9(13)5-10(12)14/h1-4H,5-6H2. The number of rotatable bonds is 1. The molecule has 1 amide bonds. The third-order valence-electron chi connectivity index (χ3n) is 2.10. The number of ketones is 1. The number of halogens is 1. The Bertz CT molecular complexity index is 403. The van der Waals surface area contributed by atoms with Crippen LogP contribution in [0.2, 0.25) is 5.02 Å². The highest BCUT2D eigenvalue weighted by atomic mass is 35.5. The van der Waals surface area contributed by atoms with Crippen LogP contribution in [0.1, 0.15) is 6.42 Å². The molecule has 0 aromatic heterocycles. The summed E-state index contributed by atoms with van der Waals surface area (Å²) >= 11 is 5.78. The van der Waals surface area contributed by atoms with Crippen molar-refractivity contribution >= 4 is 29.0 Å². The first-order valence-electron chi connectivity index (χ1n) is 4.24. The zero-order valence-corrected chi connectivity index (χ0v) is 8.12. The molecule has 0 atom stereocenters. The highest BCUT2D eigenvalue weighted by molar-refractivity contribution is 6.31. The van der Waals surface area contributed by atoms with E-state index in [4.69, 9.17) is 11.6 Å². The van der Waals surface area contributed by atoms with Gasteiger partial charge >= 0.3 is 0 Å². The molecule has 1 aromatic carbocycles. The summed E-state index contributed by atoms with van der Waals surface area (Å²) in [5, 5.41) is 0.564. The smallest absolute Gasteiger partial charge is 0.234 e. The molecule has 0 aliphatic carbocycles. The van der Waals surface area contributed by atoms with Crippen molar-refractivity contribution in [2.45, 2.75) is 6.42 Å². The van der Waals surface area contributed by atoms with Gasteiger partial charge in [-0.25, -0.2) is 0 Å². The van der Waals surface area contributed by atoms with E-state index in [-0.39, 0.29) is 24.7 Å². The average Bonchev–Trinajstić information content (AvgIpc) is 2.45. The molecule has 0 N–H and O–H groups in total. The fourth-order valence-electron chi connectivity index (χ4n) is 1.46. The van der Waals surface area contributed by atoms with Gasteiger partial charge in [0.05, 0.1) is 13.0 Å². The first-order chi connectivity index (χ1) is 6.66. The number of carbonyl (C=O) groups is 2. The largest absolute Gasteiger partial charge is 0.305 e. The van der Waals surface area contributed by atoms with E-state index in [1.54, 1.807) is 24.3 Å². The molecule has 1 aliphatic rings. The van der Waals surface area contributed by atoms with Crippen LogP contribution >= 0.6 is 11.6 Å². The molecule has 1 saturated heterocycles. The van der Waals surface area contributed by atoms with E-state index in [0.29, 0.717) is 10.7 Å². The Labute approximate surface area is 86.3 Å². The van der Waals surface area contributed by atoms with E-state index in [1.165, 1.54) is 4.90 Å². The van der Waals surface area contributed by atoms with Gasteiger partial charge in [0.1, 0.15) is 0 Å². The molecule has 0 radical (unpaired) electrons. The molecule has 72 valence electrons. The number of amides is 1. The number of carbonyl (C=O) groups excluding carboxylic acids is 2. The van der Waals surface area contributed by atoms with Crippen LogP contribution in [0, 0.1) is 0 Å². The second kappa shape index (κ2) is 3.42. The van der Waals surface area contributed by atoms with Crippen molar-refractivity contribution < 1.29 is 9.59 Å². The lowest BCUT2D eigenvalue weighted by atomic mass is 10.3. The Morgan fingerprint density at radius 1 is 1.29 bits per heavy atom. The quantitative estimate of drug-likeness (QED) is 0.660. The predicted octanol–water partition coefficient (Wildman–Crippen LogP) is 1.65. The van der Waals surface area contributed by atoms with Crippen LogP contribution < -0.4 is 4.90 Å². The fraction of sp³-hybridized carbons (Fsp3) is 0.200. The minimum absolute atomic E-state index is 0.00646. The Morgan fingerprint density at radius 3 is 2.64 bits per heavy atom. The first-order valence-corrected chi connectivity index (χ1v) is 4.62. The number of Topliss-reactive ketones (excluding diaryl/α,β-unsaturated/α-hetero) is 1. The number of anilines is 1. The van der Waals surface area contributed by atoms with Gasteiger partial charge in [-0.2, -0.15) is 0 Å². The van der Waals surface area contributed by atoms with E-state index in [9.17, 15) is 9.59 Å². The Balaban J connectivity index is 2.31. The van der Waals surface area contributed by atoms with Gasteiger partial charge in [-0.15, -0.1) is 0 Å². The molecule has 0 saturated carbocycles. The predicted molar refractivity (Wildman–Crippen MR) is 53.4 cm³/mol. The third-order valence-corrected chi connectivity index (χ3v) is 2.34. The summed E-state index contributed by atoms with van der Waals surface area (Å²) in [6.07, 6.45) is 0.00646. The van der Waals surface area contributed by atoms with Crippen LogP contribution in [0.5, 0.6) is 0 Å². The molecule has 14 heavy (non-hydrogen) atoms.